The van der Waals surface area contributed by atoms with E-state index in [1.54, 1.807) is 11.1 Å². The smallest absolute Gasteiger partial charge is 0.195 e. The predicted octanol–water partition coefficient (Wildman–Crippen LogP) is 14.1. The van der Waals surface area contributed by atoms with Crippen LogP contribution in [-0.2, 0) is 18.0 Å². The molecule has 4 aliphatic carbocycles. The number of hydrogen-bond acceptors (Lipinski definition) is 4. The zero-order valence-electron chi connectivity index (χ0n) is 38.6. The summed E-state index contributed by atoms with van der Waals surface area (Å²) in [5.41, 5.74) is 4.53. The van der Waals surface area contributed by atoms with Crippen LogP contribution < -0.4 is 0 Å². The fourth-order valence-corrected chi connectivity index (χ4v) is 16.1. The predicted molar refractivity (Wildman–Crippen MR) is 239 cm³/mol. The molecule has 2 fully saturated rings. The maximum atomic E-state index is 7.75. The summed E-state index contributed by atoms with van der Waals surface area (Å²) in [6.45, 7) is 43.0. The molecule has 2 saturated carbocycles. The highest BCUT2D eigenvalue weighted by molar-refractivity contribution is 6.74. The molecular formula is C47H84O4Si3. The van der Waals surface area contributed by atoms with Crippen LogP contribution in [0.5, 0.6) is 0 Å². The highest BCUT2D eigenvalue weighted by Gasteiger charge is 2.62. The lowest BCUT2D eigenvalue weighted by Gasteiger charge is -2.61. The molecule has 0 amide bonds. The van der Waals surface area contributed by atoms with E-state index in [0.29, 0.717) is 18.4 Å². The van der Waals surface area contributed by atoms with E-state index in [-0.39, 0.29) is 27.0 Å². The SMILES string of the molecule is CCC1=CC[C@H]2C3=CC=C4C[C@@](OCC#CC(CC)(CC)O[Si](CC)(CC)CC)(O[Si](C)(C)C(C)(C)C)C[C@H](O[Si](C)(C)C(C)(C)C)[C@]4(C)[C@@H]3CC[C@]12C. The van der Waals surface area contributed by atoms with Crippen molar-refractivity contribution < 1.29 is 18.0 Å². The molecule has 0 aliphatic heterocycles. The molecule has 0 aromatic heterocycles. The standard InChI is InChI=1S/C47H84O4Si3/c1-19-36-27-29-39-38-28-26-37-34-47(51-53(17,18)43(10,11)12,48-33-25-31-46(20-2,21-3)50-54(22-4,23-5)24-6)35-41(49-52(15,16)42(7,8)9)45(37,14)40(38)30-32-44(36,39)13/h26-28,39-41H,19-24,29-30,32-35H2,1-18H3/t39-,40+,41-,44+,45-,47+/m0/s1. The fraction of sp³-hybridized carbons (Fsp3) is 0.830. The van der Waals surface area contributed by atoms with Gasteiger partial charge in [0.1, 0.15) is 12.2 Å². The molecule has 6 atom stereocenters. The van der Waals surface area contributed by atoms with E-state index in [1.165, 1.54) is 24.8 Å². The fourth-order valence-electron chi connectivity index (χ4n) is 10.1. The maximum absolute atomic E-state index is 7.75. The van der Waals surface area contributed by atoms with Crippen molar-refractivity contribution in [2.75, 3.05) is 6.61 Å². The minimum Gasteiger partial charge on any atom is -0.413 e. The van der Waals surface area contributed by atoms with Crippen LogP contribution in [0, 0.1) is 34.5 Å². The molecule has 0 N–H and O–H groups in total. The lowest BCUT2D eigenvalue weighted by molar-refractivity contribution is -0.224. The van der Waals surface area contributed by atoms with Crippen LogP contribution in [0.2, 0.25) is 54.4 Å². The molecule has 4 nitrogen and oxygen atoms in total. The highest BCUT2D eigenvalue weighted by Crippen LogP contribution is 2.66. The number of ether oxygens (including phenoxy) is 1. The molecule has 0 heterocycles. The topological polar surface area (TPSA) is 36.9 Å². The average Bonchev–Trinajstić information content (AvgIpc) is 3.44. The van der Waals surface area contributed by atoms with Gasteiger partial charge in [0.2, 0.25) is 0 Å². The molecule has 0 bridgehead atoms. The lowest BCUT2D eigenvalue weighted by atomic mass is 9.49. The van der Waals surface area contributed by atoms with Gasteiger partial charge in [-0.1, -0.05) is 144 Å². The number of rotatable bonds is 14. The van der Waals surface area contributed by atoms with Gasteiger partial charge in [-0.25, -0.2) is 0 Å². The molecule has 0 spiro atoms. The normalized spacial score (nSPS) is 30.7. The molecule has 0 radical (unpaired) electrons. The molecule has 0 aromatic rings. The molecule has 7 heteroatoms. The summed E-state index contributed by atoms with van der Waals surface area (Å²) in [6, 6.07) is 3.38. The lowest BCUT2D eigenvalue weighted by Crippen LogP contribution is -2.62. The minimum absolute atomic E-state index is 0.0202. The Bertz CT molecular complexity index is 1480. The third-order valence-corrected chi connectivity index (χ3v) is 30.1. The van der Waals surface area contributed by atoms with E-state index in [2.05, 4.69) is 153 Å². The van der Waals surface area contributed by atoms with Gasteiger partial charge in [0.15, 0.2) is 30.7 Å². The molecule has 4 rings (SSSR count). The second-order valence-corrected chi connectivity index (χ2v) is 35.4. The van der Waals surface area contributed by atoms with E-state index in [0.717, 1.165) is 50.2 Å². The van der Waals surface area contributed by atoms with Crippen LogP contribution in [0.4, 0.5) is 0 Å². The Balaban J connectivity index is 1.83. The zero-order chi connectivity index (χ0) is 40.8. The van der Waals surface area contributed by atoms with Crippen LogP contribution in [0.25, 0.3) is 0 Å². The minimum atomic E-state index is -2.29. The molecule has 308 valence electrons. The van der Waals surface area contributed by atoms with Crippen molar-refractivity contribution in [3.8, 4) is 11.8 Å². The van der Waals surface area contributed by atoms with E-state index < -0.39 is 36.3 Å². The largest absolute Gasteiger partial charge is 0.413 e. The molecule has 0 unspecified atom stereocenters. The van der Waals surface area contributed by atoms with Crippen molar-refractivity contribution in [3.63, 3.8) is 0 Å². The van der Waals surface area contributed by atoms with Crippen LogP contribution in [0.1, 0.15) is 148 Å². The van der Waals surface area contributed by atoms with E-state index >= 15 is 0 Å². The third-order valence-electron chi connectivity index (χ3n) is 16.5. The second-order valence-electron chi connectivity index (χ2n) is 21.2. The van der Waals surface area contributed by atoms with Crippen molar-refractivity contribution in [1.29, 1.82) is 0 Å². The first-order chi connectivity index (χ1) is 24.8. The summed E-state index contributed by atoms with van der Waals surface area (Å²) in [5.74, 6) is 7.49. The van der Waals surface area contributed by atoms with Crippen LogP contribution >= 0.6 is 0 Å². The molecule has 0 aromatic carbocycles. The van der Waals surface area contributed by atoms with Gasteiger partial charge >= 0.3 is 0 Å². The second kappa shape index (κ2) is 16.1. The quantitative estimate of drug-likeness (QED) is 0.0759. The monoisotopic (exact) mass is 797 g/mol. The third kappa shape index (κ3) is 8.39. The van der Waals surface area contributed by atoms with Gasteiger partial charge in [-0.05, 0) is 110 Å². The van der Waals surface area contributed by atoms with Crippen molar-refractivity contribution in [2.24, 2.45) is 22.7 Å². The Labute approximate surface area is 337 Å². The summed E-state index contributed by atoms with van der Waals surface area (Å²) < 4.78 is 29.7. The van der Waals surface area contributed by atoms with E-state index in [4.69, 9.17) is 18.0 Å². The average molecular weight is 797 g/mol. The molecular weight excluding hydrogens is 713 g/mol. The number of hydrogen-bond donors (Lipinski definition) is 0. The zero-order valence-corrected chi connectivity index (χ0v) is 41.6. The summed E-state index contributed by atoms with van der Waals surface area (Å²) in [6.07, 6.45) is 15.7. The van der Waals surface area contributed by atoms with Gasteiger partial charge in [0.25, 0.3) is 0 Å². The van der Waals surface area contributed by atoms with Gasteiger partial charge < -0.3 is 18.0 Å². The van der Waals surface area contributed by atoms with Crippen molar-refractivity contribution in [3.05, 3.63) is 34.9 Å². The maximum Gasteiger partial charge on any atom is 0.195 e. The van der Waals surface area contributed by atoms with Gasteiger partial charge in [0.05, 0.1) is 6.10 Å². The van der Waals surface area contributed by atoms with Crippen LogP contribution in [0.15, 0.2) is 34.9 Å². The van der Waals surface area contributed by atoms with Gasteiger partial charge in [-0.15, -0.1) is 0 Å². The summed E-state index contributed by atoms with van der Waals surface area (Å²) >= 11 is 0. The van der Waals surface area contributed by atoms with E-state index in [1.807, 2.05) is 0 Å². The van der Waals surface area contributed by atoms with Crippen molar-refractivity contribution in [1.82, 2.24) is 0 Å². The number of fused-ring (bicyclic) bond motifs is 5. The Morgan fingerprint density at radius 1 is 0.815 bits per heavy atom. The summed E-state index contributed by atoms with van der Waals surface area (Å²) in [5, 5.41) is 0.114. The first-order valence-corrected chi connectivity index (χ1v) is 30.5. The van der Waals surface area contributed by atoms with Crippen molar-refractivity contribution >= 4 is 25.0 Å². The van der Waals surface area contributed by atoms with Gasteiger partial charge in [-0.3, -0.25) is 0 Å². The Hall–Kier alpha value is -0.729. The van der Waals surface area contributed by atoms with Gasteiger partial charge in [0, 0.05) is 18.3 Å². The Morgan fingerprint density at radius 3 is 1.93 bits per heavy atom. The van der Waals surface area contributed by atoms with Crippen LogP contribution in [0.3, 0.4) is 0 Å². The number of allylic oxidation sites excluding steroid dienone is 5. The summed E-state index contributed by atoms with van der Waals surface area (Å²) in [4.78, 5) is 0. The van der Waals surface area contributed by atoms with Gasteiger partial charge in [-0.2, -0.15) is 0 Å². The molecule has 54 heavy (non-hydrogen) atoms. The molecule has 0 saturated heterocycles. The first kappa shape index (κ1) is 46.0. The Kier molecular flexibility index (Phi) is 13.7. The highest BCUT2D eigenvalue weighted by atomic mass is 28.4. The van der Waals surface area contributed by atoms with E-state index in [9.17, 15) is 0 Å². The molecule has 4 aliphatic rings. The first-order valence-electron chi connectivity index (χ1n) is 22.2. The van der Waals surface area contributed by atoms with Crippen LogP contribution in [-0.4, -0.2) is 49.1 Å². The Morgan fingerprint density at radius 2 is 1.41 bits per heavy atom. The van der Waals surface area contributed by atoms with Crippen molar-refractivity contribution in [2.45, 2.75) is 220 Å². The summed E-state index contributed by atoms with van der Waals surface area (Å²) in [7, 11) is -6.34.